The number of amides is 1. The van der Waals surface area contributed by atoms with Gasteiger partial charge in [0.1, 0.15) is 17.9 Å². The van der Waals surface area contributed by atoms with Crippen LogP contribution in [0.3, 0.4) is 0 Å². The fourth-order valence-electron chi connectivity index (χ4n) is 3.88. The molecule has 0 radical (unpaired) electrons. The number of halogens is 5. The number of hydrogen-bond donors (Lipinski definition) is 1. The molecule has 1 amide bonds. The average molecular weight is 383 g/mol. The molecule has 0 spiro atoms. The van der Waals surface area contributed by atoms with E-state index in [0.29, 0.717) is 16.8 Å². The van der Waals surface area contributed by atoms with Gasteiger partial charge in [-0.15, -0.1) is 0 Å². The summed E-state index contributed by atoms with van der Waals surface area (Å²) in [5.74, 6) is -0.532. The molecule has 140 valence electrons. The lowest BCUT2D eigenvalue weighted by Gasteiger charge is -2.36. The summed E-state index contributed by atoms with van der Waals surface area (Å²) in [4.78, 5) is 14.5. The second-order valence-electron chi connectivity index (χ2n) is 6.63. The first kappa shape index (κ1) is 18.4. The number of carbonyl (C=O) groups excluding carboxylic acids is 1. The maximum absolute atomic E-state index is 13.1. The Morgan fingerprint density at radius 2 is 1.84 bits per heavy atom. The van der Waals surface area contributed by atoms with Crippen molar-refractivity contribution in [3.05, 3.63) is 16.4 Å². The largest absolute Gasteiger partial charge is 0.352 e. The number of nitrogens with one attached hydrogen (secondary N) is 1. The van der Waals surface area contributed by atoms with Gasteiger partial charge in [0.05, 0.1) is 5.02 Å². The molecule has 3 heterocycles. The Morgan fingerprint density at radius 1 is 1.24 bits per heavy atom. The van der Waals surface area contributed by atoms with Crippen molar-refractivity contribution >= 4 is 17.5 Å². The van der Waals surface area contributed by atoms with Crippen molar-refractivity contribution in [1.29, 1.82) is 0 Å². The van der Waals surface area contributed by atoms with E-state index in [2.05, 4.69) is 22.4 Å². The van der Waals surface area contributed by atoms with E-state index in [-0.39, 0.29) is 6.04 Å². The molecule has 1 aromatic heterocycles. The van der Waals surface area contributed by atoms with Gasteiger partial charge in [0.15, 0.2) is 0 Å². The number of carbonyl (C=O) groups is 1. The van der Waals surface area contributed by atoms with Crippen LogP contribution >= 0.6 is 11.6 Å². The Balaban J connectivity index is 1.68. The smallest absolute Gasteiger partial charge is 0.283 e. The van der Waals surface area contributed by atoms with Gasteiger partial charge in [-0.25, -0.2) is 17.6 Å². The van der Waals surface area contributed by atoms with Crippen molar-refractivity contribution in [3.8, 4) is 0 Å². The Bertz CT molecular complexity index is 640. The summed E-state index contributed by atoms with van der Waals surface area (Å²) >= 11 is 5.58. The molecule has 2 bridgehead atoms. The van der Waals surface area contributed by atoms with Crippen molar-refractivity contribution in [3.63, 3.8) is 0 Å². The number of hydrogen-bond acceptors (Lipinski definition) is 3. The van der Waals surface area contributed by atoms with E-state index in [0.717, 1.165) is 25.7 Å². The molecule has 10 heteroatoms. The van der Waals surface area contributed by atoms with Crippen LogP contribution in [-0.2, 0) is 11.3 Å². The second-order valence-corrected chi connectivity index (χ2v) is 7.01. The van der Waals surface area contributed by atoms with Crippen LogP contribution in [0.2, 0.25) is 5.02 Å². The standard InChI is InChI=1S/C15H19ClF4N4O/c1-23-8-2-3-9(23)5-7(4-8)21-10(25)6-24-13(15(19)20)11(16)12(22-24)14(17)18/h7-9,14-15H,2-6H2,1H3,(H,21,25). The molecule has 2 atom stereocenters. The van der Waals surface area contributed by atoms with E-state index >= 15 is 0 Å². The first-order valence-corrected chi connectivity index (χ1v) is 8.49. The van der Waals surface area contributed by atoms with Crippen LogP contribution in [0.1, 0.15) is 49.9 Å². The summed E-state index contributed by atoms with van der Waals surface area (Å²) in [6.07, 6.45) is -2.44. The molecule has 1 aromatic rings. The maximum Gasteiger partial charge on any atom is 0.283 e. The van der Waals surface area contributed by atoms with Gasteiger partial charge in [0, 0.05) is 18.1 Å². The number of aromatic nitrogens is 2. The molecule has 2 fully saturated rings. The third-order valence-corrected chi connectivity index (χ3v) is 5.51. The topological polar surface area (TPSA) is 50.2 Å². The summed E-state index contributed by atoms with van der Waals surface area (Å²) in [7, 11) is 2.06. The predicted octanol–water partition coefficient (Wildman–Crippen LogP) is 3.15. The first-order valence-electron chi connectivity index (χ1n) is 8.11. The Hall–Kier alpha value is -1.35. The number of piperidine rings is 1. The van der Waals surface area contributed by atoms with Gasteiger partial charge in [0.2, 0.25) is 5.91 Å². The SMILES string of the molecule is CN1C2CCC1CC(NC(=O)Cn1nc(C(F)F)c(Cl)c1C(F)F)C2. The second kappa shape index (κ2) is 7.11. The zero-order valence-electron chi connectivity index (χ0n) is 13.6. The molecule has 0 aromatic carbocycles. The van der Waals surface area contributed by atoms with E-state index in [4.69, 9.17) is 11.6 Å². The lowest BCUT2D eigenvalue weighted by Crippen LogP contribution is -2.49. The van der Waals surface area contributed by atoms with Crippen molar-refractivity contribution in [1.82, 2.24) is 20.0 Å². The minimum Gasteiger partial charge on any atom is -0.352 e. The molecule has 2 saturated heterocycles. The minimum atomic E-state index is -3.10. The van der Waals surface area contributed by atoms with Crippen LogP contribution < -0.4 is 5.32 Å². The molecule has 1 N–H and O–H groups in total. The van der Waals surface area contributed by atoms with Crippen LogP contribution in [-0.4, -0.2) is 45.8 Å². The van der Waals surface area contributed by atoms with Gasteiger partial charge in [0.25, 0.3) is 12.9 Å². The van der Waals surface area contributed by atoms with Crippen LogP contribution in [0.25, 0.3) is 0 Å². The molecule has 2 aliphatic rings. The first-order chi connectivity index (χ1) is 11.8. The Kier molecular flexibility index (Phi) is 5.24. The van der Waals surface area contributed by atoms with Gasteiger partial charge >= 0.3 is 0 Å². The molecular weight excluding hydrogens is 364 g/mol. The quantitative estimate of drug-likeness (QED) is 0.796. The van der Waals surface area contributed by atoms with Crippen molar-refractivity contribution in [2.75, 3.05) is 7.05 Å². The van der Waals surface area contributed by atoms with Crippen molar-refractivity contribution in [2.45, 2.75) is 63.2 Å². The fourth-order valence-corrected chi connectivity index (χ4v) is 4.18. The van der Waals surface area contributed by atoms with Gasteiger partial charge in [-0.1, -0.05) is 11.6 Å². The molecular formula is C15H19ClF4N4O. The third kappa shape index (κ3) is 3.62. The van der Waals surface area contributed by atoms with Gasteiger partial charge in [-0.3, -0.25) is 9.48 Å². The number of nitrogens with zero attached hydrogens (tertiary/aromatic N) is 3. The van der Waals surface area contributed by atoms with E-state index < -0.39 is 41.7 Å². The fraction of sp³-hybridized carbons (Fsp3) is 0.733. The van der Waals surface area contributed by atoms with Gasteiger partial charge < -0.3 is 10.2 Å². The monoisotopic (exact) mass is 382 g/mol. The van der Waals surface area contributed by atoms with Crippen molar-refractivity contribution in [2.24, 2.45) is 0 Å². The maximum atomic E-state index is 13.1. The zero-order chi connectivity index (χ0) is 18.3. The summed E-state index contributed by atoms with van der Waals surface area (Å²) < 4.78 is 52.4. The number of alkyl halides is 4. The lowest BCUT2D eigenvalue weighted by molar-refractivity contribution is -0.123. The van der Waals surface area contributed by atoms with Crippen LogP contribution in [0, 0.1) is 0 Å². The van der Waals surface area contributed by atoms with Crippen LogP contribution in [0.5, 0.6) is 0 Å². The summed E-state index contributed by atoms with van der Waals surface area (Å²) in [6, 6.07) is 0.771. The normalized spacial score (nSPS) is 26.6. The highest BCUT2D eigenvalue weighted by molar-refractivity contribution is 6.32. The van der Waals surface area contributed by atoms with E-state index in [9.17, 15) is 22.4 Å². The summed E-state index contributed by atoms with van der Waals surface area (Å²) in [5.41, 5.74) is -1.78. The minimum absolute atomic E-state index is 0.0446. The highest BCUT2D eigenvalue weighted by atomic mass is 35.5. The van der Waals surface area contributed by atoms with E-state index in [1.54, 1.807) is 0 Å². The summed E-state index contributed by atoms with van der Waals surface area (Å²) in [5, 5.41) is 5.43. The molecule has 25 heavy (non-hydrogen) atoms. The third-order valence-electron chi connectivity index (χ3n) is 5.13. The van der Waals surface area contributed by atoms with Crippen LogP contribution in [0.4, 0.5) is 17.6 Å². The number of rotatable bonds is 5. The molecule has 3 rings (SSSR count). The molecule has 2 aliphatic heterocycles. The van der Waals surface area contributed by atoms with Crippen molar-refractivity contribution < 1.29 is 22.4 Å². The molecule has 2 unspecified atom stereocenters. The highest BCUT2D eigenvalue weighted by Crippen LogP contribution is 2.35. The lowest BCUT2D eigenvalue weighted by atomic mass is 9.98. The van der Waals surface area contributed by atoms with E-state index in [1.807, 2.05) is 0 Å². The number of fused-ring (bicyclic) bond motifs is 2. The zero-order valence-corrected chi connectivity index (χ0v) is 14.3. The van der Waals surface area contributed by atoms with Gasteiger partial charge in [-0.2, -0.15) is 5.10 Å². The predicted molar refractivity (Wildman–Crippen MR) is 82.9 cm³/mol. The summed E-state index contributed by atoms with van der Waals surface area (Å²) in [6.45, 7) is -0.562. The Morgan fingerprint density at radius 3 is 2.36 bits per heavy atom. The average Bonchev–Trinajstić information content (AvgIpc) is 2.92. The van der Waals surface area contributed by atoms with Gasteiger partial charge in [-0.05, 0) is 32.7 Å². The molecule has 0 saturated carbocycles. The molecule has 5 nitrogen and oxygen atoms in total. The Labute approximate surface area is 147 Å². The van der Waals surface area contributed by atoms with E-state index in [1.165, 1.54) is 0 Å². The molecule has 0 aliphatic carbocycles. The van der Waals surface area contributed by atoms with Crippen LogP contribution in [0.15, 0.2) is 0 Å². The highest BCUT2D eigenvalue weighted by Gasteiger charge is 2.39.